The molecule has 106 valence electrons. The van der Waals surface area contributed by atoms with Gasteiger partial charge in [0.25, 0.3) is 5.89 Å². The highest BCUT2D eigenvalue weighted by atomic mass is 32.2. The maximum atomic E-state index is 6.20. The average Bonchev–Trinajstić information content (AvgIpc) is 3.16. The van der Waals surface area contributed by atoms with Crippen molar-refractivity contribution in [3.05, 3.63) is 16.3 Å². The summed E-state index contributed by atoms with van der Waals surface area (Å²) in [4.78, 5) is 6.05. The third-order valence-corrected chi connectivity index (χ3v) is 6.57. The smallest absolute Gasteiger partial charge is 0.261 e. The van der Waals surface area contributed by atoms with E-state index in [1.165, 1.54) is 35.5 Å². The van der Waals surface area contributed by atoms with E-state index in [2.05, 4.69) is 10.1 Å². The molecule has 3 heterocycles. The summed E-state index contributed by atoms with van der Waals surface area (Å²) < 4.78 is 5.52. The molecule has 1 atom stereocenters. The lowest BCUT2D eigenvalue weighted by atomic mass is 9.95. The van der Waals surface area contributed by atoms with Crippen molar-refractivity contribution in [1.82, 2.24) is 10.1 Å². The van der Waals surface area contributed by atoms with Gasteiger partial charge in [0.2, 0.25) is 0 Å². The van der Waals surface area contributed by atoms with E-state index in [9.17, 15) is 0 Å². The van der Waals surface area contributed by atoms with E-state index in [1.807, 2.05) is 11.8 Å². The van der Waals surface area contributed by atoms with Crippen LogP contribution >= 0.6 is 23.1 Å². The topological polar surface area (TPSA) is 64.9 Å². The Labute approximate surface area is 126 Å². The minimum atomic E-state index is 0.406. The Morgan fingerprint density at radius 1 is 1.20 bits per heavy atom. The van der Waals surface area contributed by atoms with Crippen molar-refractivity contribution in [3.63, 3.8) is 0 Å². The van der Waals surface area contributed by atoms with Crippen LogP contribution in [0.2, 0.25) is 0 Å². The van der Waals surface area contributed by atoms with Gasteiger partial charge in [-0.3, -0.25) is 0 Å². The zero-order valence-electron chi connectivity index (χ0n) is 11.2. The maximum Gasteiger partial charge on any atom is 0.261 e. The molecule has 4 rings (SSSR count). The molecule has 1 saturated heterocycles. The van der Waals surface area contributed by atoms with Crippen molar-refractivity contribution in [2.75, 3.05) is 11.5 Å². The molecule has 0 spiro atoms. The van der Waals surface area contributed by atoms with E-state index in [1.54, 1.807) is 11.3 Å². The number of nitrogen functional groups attached to an aromatic ring is 1. The van der Waals surface area contributed by atoms with Gasteiger partial charge in [-0.25, -0.2) is 0 Å². The normalized spacial score (nSPS) is 22.1. The van der Waals surface area contributed by atoms with Crippen LogP contribution in [-0.4, -0.2) is 15.9 Å². The van der Waals surface area contributed by atoms with Crippen LogP contribution in [0, 0.1) is 0 Å². The Balaban J connectivity index is 1.72. The zero-order chi connectivity index (χ0) is 13.5. The fourth-order valence-electron chi connectivity index (χ4n) is 3.07. The van der Waals surface area contributed by atoms with E-state index in [0.717, 1.165) is 35.7 Å². The number of anilines is 1. The first-order valence-electron chi connectivity index (χ1n) is 7.18. The predicted molar refractivity (Wildman–Crippen MR) is 83.1 cm³/mol. The van der Waals surface area contributed by atoms with Crippen molar-refractivity contribution in [1.29, 1.82) is 0 Å². The second-order valence-corrected chi connectivity index (χ2v) is 7.86. The van der Waals surface area contributed by atoms with Crippen LogP contribution in [0.1, 0.15) is 47.2 Å². The van der Waals surface area contributed by atoms with Crippen LogP contribution in [0.5, 0.6) is 0 Å². The second kappa shape index (κ2) is 5.07. The lowest BCUT2D eigenvalue weighted by Crippen LogP contribution is -2.00. The summed E-state index contributed by atoms with van der Waals surface area (Å²) in [5.41, 5.74) is 8.58. The molecule has 2 N–H and O–H groups in total. The van der Waals surface area contributed by atoms with Gasteiger partial charge in [0.15, 0.2) is 5.82 Å². The van der Waals surface area contributed by atoms with Crippen LogP contribution in [0.3, 0.4) is 0 Å². The van der Waals surface area contributed by atoms with Gasteiger partial charge >= 0.3 is 0 Å². The number of hydrogen-bond acceptors (Lipinski definition) is 6. The van der Waals surface area contributed by atoms with Crippen LogP contribution in [0.25, 0.3) is 11.5 Å². The number of fused-ring (bicyclic) bond motifs is 1. The second-order valence-electron chi connectivity index (χ2n) is 5.41. The number of rotatable bonds is 2. The Morgan fingerprint density at radius 2 is 2.10 bits per heavy atom. The summed E-state index contributed by atoms with van der Waals surface area (Å²) >= 11 is 3.62. The molecule has 4 nitrogen and oxygen atoms in total. The monoisotopic (exact) mass is 307 g/mol. The third-order valence-electron chi connectivity index (χ3n) is 4.07. The molecular weight excluding hydrogens is 290 g/mol. The van der Waals surface area contributed by atoms with E-state index in [4.69, 9.17) is 10.3 Å². The number of thiophene rings is 1. The Bertz CT molecular complexity index is 628. The number of aryl methyl sites for hydroxylation is 1. The van der Waals surface area contributed by atoms with Gasteiger partial charge in [0.05, 0.1) is 15.8 Å². The molecule has 0 bridgehead atoms. The summed E-state index contributed by atoms with van der Waals surface area (Å²) in [6, 6.07) is 0. The van der Waals surface area contributed by atoms with Gasteiger partial charge in [0.1, 0.15) is 0 Å². The first-order valence-corrected chi connectivity index (χ1v) is 9.05. The lowest BCUT2D eigenvalue weighted by Gasteiger charge is -2.10. The fraction of sp³-hybridized carbons (Fsp3) is 0.571. The van der Waals surface area contributed by atoms with Gasteiger partial charge < -0.3 is 10.3 Å². The molecule has 2 aromatic heterocycles. The molecule has 20 heavy (non-hydrogen) atoms. The standard InChI is InChI=1S/C14H17N3OS2/c15-12-11(8-4-1-2-5-9(8)20-12)14-16-13(17-18-14)10-6-3-7-19-10/h10H,1-7,15H2. The summed E-state index contributed by atoms with van der Waals surface area (Å²) in [5, 5.41) is 5.43. The molecule has 0 saturated carbocycles. The van der Waals surface area contributed by atoms with Crippen molar-refractivity contribution in [3.8, 4) is 11.5 Å². The Kier molecular flexibility index (Phi) is 3.22. The average molecular weight is 307 g/mol. The molecule has 2 aromatic rings. The van der Waals surface area contributed by atoms with Gasteiger partial charge in [-0.2, -0.15) is 16.7 Å². The number of hydrogen-bond donors (Lipinski definition) is 1. The molecule has 1 aliphatic carbocycles. The fourth-order valence-corrected chi connectivity index (χ4v) is 5.42. The van der Waals surface area contributed by atoms with Crippen LogP contribution in [0.4, 0.5) is 5.00 Å². The highest BCUT2D eigenvalue weighted by Crippen LogP contribution is 2.43. The highest BCUT2D eigenvalue weighted by molar-refractivity contribution is 7.99. The molecule has 0 aromatic carbocycles. The molecule has 1 fully saturated rings. The van der Waals surface area contributed by atoms with Crippen molar-refractivity contribution < 1.29 is 4.52 Å². The van der Waals surface area contributed by atoms with Crippen molar-refractivity contribution >= 4 is 28.1 Å². The van der Waals surface area contributed by atoms with Gasteiger partial charge in [-0.1, -0.05) is 5.16 Å². The van der Waals surface area contributed by atoms with Crippen LogP contribution in [0.15, 0.2) is 4.52 Å². The summed E-state index contributed by atoms with van der Waals surface area (Å²) in [6.45, 7) is 0. The number of nitrogens with two attached hydrogens (primary N) is 1. The Morgan fingerprint density at radius 3 is 2.95 bits per heavy atom. The molecule has 1 unspecified atom stereocenters. The molecule has 0 amide bonds. The quantitative estimate of drug-likeness (QED) is 0.913. The predicted octanol–water partition coefficient (Wildman–Crippen LogP) is 3.83. The van der Waals surface area contributed by atoms with Crippen LogP contribution < -0.4 is 5.73 Å². The molecule has 2 aliphatic rings. The largest absolute Gasteiger partial charge is 0.390 e. The van der Waals surface area contributed by atoms with E-state index >= 15 is 0 Å². The molecule has 1 aliphatic heterocycles. The number of aromatic nitrogens is 2. The van der Waals surface area contributed by atoms with Crippen molar-refractivity contribution in [2.45, 2.75) is 43.8 Å². The van der Waals surface area contributed by atoms with E-state index in [-0.39, 0.29) is 0 Å². The number of thioether (sulfide) groups is 1. The van der Waals surface area contributed by atoms with Gasteiger partial charge in [-0.05, 0) is 49.8 Å². The maximum absolute atomic E-state index is 6.20. The number of nitrogens with zero attached hydrogens (tertiary/aromatic N) is 2. The first kappa shape index (κ1) is 12.7. The van der Waals surface area contributed by atoms with Crippen molar-refractivity contribution in [2.24, 2.45) is 0 Å². The van der Waals surface area contributed by atoms with Gasteiger partial charge in [0, 0.05) is 4.88 Å². The minimum absolute atomic E-state index is 0.406. The van der Waals surface area contributed by atoms with Crippen LogP contribution in [-0.2, 0) is 12.8 Å². The molecular formula is C14H17N3OS2. The minimum Gasteiger partial charge on any atom is -0.390 e. The van der Waals surface area contributed by atoms with Gasteiger partial charge in [-0.15, -0.1) is 11.3 Å². The highest BCUT2D eigenvalue weighted by Gasteiger charge is 2.27. The molecule has 0 radical (unpaired) electrons. The Hall–Kier alpha value is -1.01. The first-order chi connectivity index (χ1) is 9.83. The summed E-state index contributed by atoms with van der Waals surface area (Å²) in [6.07, 6.45) is 7.13. The lowest BCUT2D eigenvalue weighted by molar-refractivity contribution is 0.421. The summed E-state index contributed by atoms with van der Waals surface area (Å²) in [5.74, 6) is 2.67. The SMILES string of the molecule is Nc1sc2c(c1-c1nc(C3CCCS3)no1)CCCC2. The third kappa shape index (κ3) is 2.05. The van der Waals surface area contributed by atoms with E-state index < -0.39 is 0 Å². The summed E-state index contributed by atoms with van der Waals surface area (Å²) in [7, 11) is 0. The molecule has 6 heteroatoms. The zero-order valence-corrected chi connectivity index (χ0v) is 12.9. The van der Waals surface area contributed by atoms with E-state index in [0.29, 0.717) is 11.1 Å².